The lowest BCUT2D eigenvalue weighted by atomic mass is 9.86. The maximum Gasteiger partial charge on any atom is 0.369 e. The van der Waals surface area contributed by atoms with Crippen molar-refractivity contribution in [3.05, 3.63) is 144 Å². The van der Waals surface area contributed by atoms with Gasteiger partial charge in [0.25, 0.3) is 0 Å². The molecule has 2 N–H and O–H groups in total. The summed E-state index contributed by atoms with van der Waals surface area (Å²) in [7, 11) is 1.01. The van der Waals surface area contributed by atoms with Crippen molar-refractivity contribution < 1.29 is 47.5 Å². The summed E-state index contributed by atoms with van der Waals surface area (Å²) in [5, 5.41) is 14.4. The Balaban J connectivity index is 1.55. The number of hydrogen-bond donors (Lipinski definition) is 2. The third kappa shape index (κ3) is 10.3. The van der Waals surface area contributed by atoms with E-state index < -0.39 is 54.3 Å². The fourth-order valence-corrected chi connectivity index (χ4v) is 5.93. The Morgan fingerprint density at radius 3 is 1.73 bits per heavy atom. The minimum atomic E-state index is -3.13. The lowest BCUT2D eigenvalue weighted by molar-refractivity contribution is -0.331. The SMILES string of the molecule is COC(=O)[C@@]1(O)O[C@H](C(OCc2ccccc2)C(COCc2ccccc2)OCc2ccccc2)[C@H](NC(C)=O)[C@@H](OCc2ccccc2)[C@H]1F. The first kappa shape index (κ1) is 37.8. The molecule has 0 aromatic heterocycles. The van der Waals surface area contributed by atoms with Crippen LogP contribution in [-0.2, 0) is 64.4 Å². The average molecular weight is 702 g/mol. The molecular formula is C40H44FNO9. The Bertz CT molecular complexity index is 1630. The van der Waals surface area contributed by atoms with E-state index in [1.807, 2.05) is 97.1 Å². The molecule has 51 heavy (non-hydrogen) atoms. The second-order valence-electron chi connectivity index (χ2n) is 12.3. The number of ether oxygens (including phenoxy) is 6. The quantitative estimate of drug-likeness (QED) is 0.146. The van der Waals surface area contributed by atoms with Gasteiger partial charge in [0.1, 0.15) is 24.4 Å². The zero-order chi connectivity index (χ0) is 36.1. The number of halogens is 1. The molecule has 7 atom stereocenters. The summed E-state index contributed by atoms with van der Waals surface area (Å²) in [5.74, 6) is -5.03. The van der Waals surface area contributed by atoms with Gasteiger partial charge in [0.15, 0.2) is 6.17 Å². The predicted octanol–water partition coefficient (Wildman–Crippen LogP) is 5.06. The fraction of sp³-hybridized carbons (Fsp3) is 0.350. The summed E-state index contributed by atoms with van der Waals surface area (Å²) in [6, 6.07) is 36.0. The van der Waals surface area contributed by atoms with Gasteiger partial charge >= 0.3 is 11.8 Å². The lowest BCUT2D eigenvalue weighted by Gasteiger charge is -2.49. The molecule has 1 aliphatic heterocycles. The zero-order valence-electron chi connectivity index (χ0n) is 28.6. The Labute approximate surface area is 297 Å². The Hall–Kier alpha value is -4.49. The average Bonchev–Trinajstić information content (AvgIpc) is 3.16. The summed E-state index contributed by atoms with van der Waals surface area (Å²) in [4.78, 5) is 25.9. The van der Waals surface area contributed by atoms with E-state index in [1.54, 1.807) is 24.3 Å². The van der Waals surface area contributed by atoms with Crippen molar-refractivity contribution >= 4 is 11.9 Å². The number of rotatable bonds is 17. The number of methoxy groups -OCH3 is 1. The van der Waals surface area contributed by atoms with Gasteiger partial charge in [-0.3, -0.25) is 4.79 Å². The van der Waals surface area contributed by atoms with Gasteiger partial charge in [-0.15, -0.1) is 0 Å². The van der Waals surface area contributed by atoms with Crippen LogP contribution in [0.15, 0.2) is 121 Å². The van der Waals surface area contributed by atoms with Crippen LogP contribution in [0.1, 0.15) is 29.2 Å². The Morgan fingerprint density at radius 1 is 0.765 bits per heavy atom. The molecule has 4 aromatic rings. The third-order valence-corrected chi connectivity index (χ3v) is 8.50. The van der Waals surface area contributed by atoms with Gasteiger partial charge < -0.3 is 38.8 Å². The van der Waals surface area contributed by atoms with Crippen LogP contribution in [0.25, 0.3) is 0 Å². The second-order valence-corrected chi connectivity index (χ2v) is 12.3. The molecule has 270 valence electrons. The highest BCUT2D eigenvalue weighted by Gasteiger charge is 2.63. The van der Waals surface area contributed by atoms with E-state index in [9.17, 15) is 14.7 Å². The minimum Gasteiger partial charge on any atom is -0.465 e. The topological polar surface area (TPSA) is 122 Å². The molecule has 11 heteroatoms. The lowest BCUT2D eigenvalue weighted by Crippen LogP contribution is -2.73. The van der Waals surface area contributed by atoms with Crippen LogP contribution in [0, 0.1) is 0 Å². The number of esters is 1. The molecule has 10 nitrogen and oxygen atoms in total. The number of alkyl halides is 1. The van der Waals surface area contributed by atoms with E-state index in [0.29, 0.717) is 5.56 Å². The molecule has 2 unspecified atom stereocenters. The molecule has 1 saturated heterocycles. The minimum absolute atomic E-state index is 0.0350. The number of carbonyl (C=O) groups excluding carboxylic acids is 2. The van der Waals surface area contributed by atoms with Crippen LogP contribution in [0.2, 0.25) is 0 Å². The summed E-state index contributed by atoms with van der Waals surface area (Å²) in [6.45, 7) is 1.53. The van der Waals surface area contributed by atoms with Crippen molar-refractivity contribution in [2.75, 3.05) is 13.7 Å². The maximum atomic E-state index is 16.5. The zero-order valence-corrected chi connectivity index (χ0v) is 28.6. The smallest absolute Gasteiger partial charge is 0.369 e. The molecule has 0 saturated carbocycles. The molecule has 0 aliphatic carbocycles. The monoisotopic (exact) mass is 701 g/mol. The van der Waals surface area contributed by atoms with Gasteiger partial charge in [0.05, 0.1) is 46.2 Å². The van der Waals surface area contributed by atoms with Crippen molar-refractivity contribution in [3.63, 3.8) is 0 Å². The van der Waals surface area contributed by atoms with Crippen LogP contribution in [0.4, 0.5) is 4.39 Å². The van der Waals surface area contributed by atoms with Crippen molar-refractivity contribution in [1.82, 2.24) is 5.32 Å². The predicted molar refractivity (Wildman–Crippen MR) is 185 cm³/mol. The molecule has 4 aromatic carbocycles. The maximum absolute atomic E-state index is 16.5. The Kier molecular flexibility index (Phi) is 13.8. The van der Waals surface area contributed by atoms with Crippen LogP contribution in [-0.4, -0.2) is 73.1 Å². The molecule has 1 amide bonds. The highest BCUT2D eigenvalue weighted by atomic mass is 19.1. The standard InChI is InChI=1S/C40H44FNO9/c1-28(43)42-34-36(51-40(45,39(44)46-2)38(41)37(34)50-26-32-21-13-6-14-22-32)35(49-25-31-19-11-5-12-20-31)33(48-24-30-17-9-4-10-18-30)27-47-23-29-15-7-3-8-16-29/h3-22,33-38,45H,23-27H2,1-2H3,(H,42,43)/t33?,34-,35?,36-,37+,38+,40-/m0/s1. The highest BCUT2D eigenvalue weighted by Crippen LogP contribution is 2.37. The van der Waals surface area contributed by atoms with E-state index in [1.165, 1.54) is 6.92 Å². The Morgan fingerprint density at radius 2 is 1.24 bits per heavy atom. The number of benzene rings is 4. The van der Waals surface area contributed by atoms with Crippen molar-refractivity contribution in [2.24, 2.45) is 0 Å². The van der Waals surface area contributed by atoms with E-state index in [0.717, 1.165) is 23.8 Å². The van der Waals surface area contributed by atoms with Gasteiger partial charge in [-0.05, 0) is 22.3 Å². The molecule has 0 spiro atoms. The van der Waals surface area contributed by atoms with E-state index in [-0.39, 0.29) is 33.0 Å². The fourth-order valence-electron chi connectivity index (χ4n) is 5.93. The van der Waals surface area contributed by atoms with Crippen LogP contribution in [0.5, 0.6) is 0 Å². The number of aliphatic hydroxyl groups is 1. The largest absolute Gasteiger partial charge is 0.465 e. The summed E-state index contributed by atoms with van der Waals surface area (Å²) >= 11 is 0. The van der Waals surface area contributed by atoms with Crippen LogP contribution in [0.3, 0.4) is 0 Å². The first-order chi connectivity index (χ1) is 24.8. The molecule has 0 radical (unpaired) electrons. The number of amides is 1. The molecule has 1 fully saturated rings. The van der Waals surface area contributed by atoms with Crippen LogP contribution >= 0.6 is 0 Å². The van der Waals surface area contributed by atoms with Gasteiger partial charge in [-0.2, -0.15) is 0 Å². The van der Waals surface area contributed by atoms with Gasteiger partial charge in [-0.25, -0.2) is 9.18 Å². The first-order valence-corrected chi connectivity index (χ1v) is 16.8. The van der Waals surface area contributed by atoms with Crippen molar-refractivity contribution in [1.29, 1.82) is 0 Å². The number of nitrogens with one attached hydrogen (secondary N) is 1. The summed E-state index contributed by atoms with van der Waals surface area (Å²) in [6.07, 6.45) is -7.61. The van der Waals surface area contributed by atoms with Gasteiger partial charge in [-0.1, -0.05) is 121 Å². The van der Waals surface area contributed by atoms with Gasteiger partial charge in [0, 0.05) is 6.92 Å². The first-order valence-electron chi connectivity index (χ1n) is 16.8. The summed E-state index contributed by atoms with van der Waals surface area (Å²) < 4.78 is 52.8. The normalized spacial score (nSPS) is 22.8. The van der Waals surface area contributed by atoms with E-state index >= 15 is 4.39 Å². The van der Waals surface area contributed by atoms with Crippen LogP contribution < -0.4 is 5.32 Å². The van der Waals surface area contributed by atoms with Crippen molar-refractivity contribution in [2.45, 2.75) is 75.8 Å². The molecule has 1 heterocycles. The van der Waals surface area contributed by atoms with E-state index in [2.05, 4.69) is 5.32 Å². The van der Waals surface area contributed by atoms with Gasteiger partial charge in [0.2, 0.25) is 5.91 Å². The highest BCUT2D eigenvalue weighted by molar-refractivity contribution is 5.79. The summed E-state index contributed by atoms with van der Waals surface area (Å²) in [5.41, 5.74) is 3.27. The molecular weight excluding hydrogens is 657 g/mol. The number of carbonyl (C=O) groups is 2. The third-order valence-electron chi connectivity index (χ3n) is 8.50. The van der Waals surface area contributed by atoms with Crippen molar-refractivity contribution in [3.8, 4) is 0 Å². The number of hydrogen-bond acceptors (Lipinski definition) is 9. The second kappa shape index (κ2) is 18.7. The van der Waals surface area contributed by atoms with E-state index in [4.69, 9.17) is 28.4 Å². The molecule has 5 rings (SSSR count). The molecule has 0 bridgehead atoms. The molecule has 1 aliphatic rings.